The van der Waals surface area contributed by atoms with Crippen LogP contribution in [-0.4, -0.2) is 43.4 Å². The van der Waals surface area contributed by atoms with E-state index in [1.54, 1.807) is 30.3 Å². The molecular weight excluding hydrogens is 528 g/mol. The number of ether oxygens (including phenoxy) is 2. The molecule has 0 aliphatic rings. The van der Waals surface area contributed by atoms with E-state index in [0.717, 1.165) is 5.56 Å². The summed E-state index contributed by atoms with van der Waals surface area (Å²) in [7, 11) is -2.24. The Kier molecular flexibility index (Phi) is 8.41. The predicted octanol–water partition coefficient (Wildman–Crippen LogP) is 4.07. The van der Waals surface area contributed by atoms with Crippen LogP contribution in [0.25, 0.3) is 6.08 Å². The van der Waals surface area contributed by atoms with Crippen molar-refractivity contribution in [2.45, 2.75) is 18.2 Å². The molecule has 0 saturated heterocycles. The number of sulfone groups is 1. The third-order valence-corrected chi connectivity index (χ3v) is 7.98. The van der Waals surface area contributed by atoms with Crippen LogP contribution in [0.15, 0.2) is 46.3 Å². The fourth-order valence-electron chi connectivity index (χ4n) is 2.75. The molecule has 13 heteroatoms. The normalized spacial score (nSPS) is 11.5. The molecule has 0 spiro atoms. The Morgan fingerprint density at radius 3 is 2.53 bits per heavy atom. The zero-order chi connectivity index (χ0) is 26.5. The smallest absolute Gasteiger partial charge is 0.343 e. The molecular formula is C23H19ClN4O6S2. The van der Waals surface area contributed by atoms with E-state index in [4.69, 9.17) is 21.1 Å². The van der Waals surface area contributed by atoms with Gasteiger partial charge in [0.1, 0.15) is 11.6 Å². The predicted molar refractivity (Wildman–Crippen MR) is 134 cm³/mol. The Morgan fingerprint density at radius 1 is 1.22 bits per heavy atom. The van der Waals surface area contributed by atoms with Crippen molar-refractivity contribution < 1.29 is 27.5 Å². The maximum absolute atomic E-state index is 12.6. The Morgan fingerprint density at radius 2 is 1.92 bits per heavy atom. The van der Waals surface area contributed by atoms with Crippen molar-refractivity contribution in [2.24, 2.45) is 0 Å². The maximum atomic E-state index is 12.6. The summed E-state index contributed by atoms with van der Waals surface area (Å²) in [4.78, 5) is 25.1. The van der Waals surface area contributed by atoms with Crippen molar-refractivity contribution >= 4 is 55.9 Å². The van der Waals surface area contributed by atoms with Crippen LogP contribution in [0.4, 0.5) is 5.13 Å². The summed E-state index contributed by atoms with van der Waals surface area (Å²) in [5.41, 5.74) is 1.28. The number of hydrogen-bond donors (Lipinski definition) is 1. The Bertz CT molecular complexity index is 1490. The lowest BCUT2D eigenvalue weighted by Gasteiger charge is -2.12. The minimum Gasteiger partial charge on any atom is -0.493 e. The number of nitrogens with zero attached hydrogens (tertiary/aromatic N) is 3. The van der Waals surface area contributed by atoms with Crippen LogP contribution in [0, 0.1) is 18.3 Å². The average molecular weight is 547 g/mol. The third kappa shape index (κ3) is 6.25. The van der Waals surface area contributed by atoms with Gasteiger partial charge in [0, 0.05) is 0 Å². The molecule has 3 aromatic rings. The van der Waals surface area contributed by atoms with Crippen LogP contribution in [-0.2, 0) is 14.6 Å². The second-order valence-corrected chi connectivity index (χ2v) is 11.0. The number of nitriles is 1. The van der Waals surface area contributed by atoms with E-state index in [2.05, 4.69) is 15.5 Å². The van der Waals surface area contributed by atoms with Crippen LogP contribution in [0.2, 0.25) is 5.02 Å². The van der Waals surface area contributed by atoms with Crippen molar-refractivity contribution in [3.05, 3.63) is 63.7 Å². The highest BCUT2D eigenvalue weighted by Gasteiger charge is 2.21. The SMILES string of the molecule is CCS(=O)(=O)c1nnc(NC(=O)/C(C#N)=C\c2cc(Cl)c(OC(=O)c3ccc(C)cc3)c(OC)c2)s1. The van der Waals surface area contributed by atoms with Crippen molar-refractivity contribution in [1.82, 2.24) is 10.2 Å². The second-order valence-electron chi connectivity index (χ2n) is 7.19. The van der Waals surface area contributed by atoms with Crippen molar-refractivity contribution in [3.63, 3.8) is 0 Å². The average Bonchev–Trinajstić information content (AvgIpc) is 3.33. The number of rotatable bonds is 8. The van der Waals surface area contributed by atoms with Crippen LogP contribution < -0.4 is 14.8 Å². The molecule has 2 aromatic carbocycles. The van der Waals surface area contributed by atoms with Crippen LogP contribution in [0.1, 0.15) is 28.4 Å². The lowest BCUT2D eigenvalue weighted by atomic mass is 10.1. The number of anilines is 1. The van der Waals surface area contributed by atoms with Gasteiger partial charge in [0.15, 0.2) is 11.5 Å². The molecule has 0 saturated carbocycles. The van der Waals surface area contributed by atoms with E-state index < -0.39 is 21.7 Å². The molecule has 0 unspecified atom stereocenters. The number of aryl methyl sites for hydroxylation is 1. The molecule has 0 fully saturated rings. The van der Waals surface area contributed by atoms with E-state index in [1.165, 1.54) is 32.2 Å². The van der Waals surface area contributed by atoms with Gasteiger partial charge in [0.05, 0.1) is 23.4 Å². The Hall–Kier alpha value is -3.79. The fourth-order valence-corrected chi connectivity index (χ4v) is 4.99. The fraction of sp³-hybridized carbons (Fsp3) is 0.174. The van der Waals surface area contributed by atoms with Gasteiger partial charge in [-0.1, -0.05) is 47.6 Å². The van der Waals surface area contributed by atoms with Gasteiger partial charge >= 0.3 is 5.97 Å². The van der Waals surface area contributed by atoms with Gasteiger partial charge in [-0.15, -0.1) is 10.2 Å². The minimum absolute atomic E-state index is 0.0114. The highest BCUT2D eigenvalue weighted by atomic mass is 35.5. The standard InChI is InChI=1S/C23H19ClN4O6S2/c1-4-36(31,32)23-28-27-22(35-23)26-20(29)16(12-25)9-14-10-17(24)19(18(11-14)33-3)34-21(30)15-7-5-13(2)6-8-15/h5-11H,4H2,1-3H3,(H,26,27,29)/b16-9-. The van der Waals surface area contributed by atoms with Gasteiger partial charge in [-0.05, 0) is 42.8 Å². The second kappa shape index (κ2) is 11.3. The Balaban J connectivity index is 1.84. The number of halogens is 1. The number of benzene rings is 2. The number of carbonyl (C=O) groups is 2. The molecule has 1 heterocycles. The summed E-state index contributed by atoms with van der Waals surface area (Å²) in [6.45, 7) is 3.35. The van der Waals surface area contributed by atoms with E-state index in [9.17, 15) is 23.3 Å². The van der Waals surface area contributed by atoms with Gasteiger partial charge in [-0.3, -0.25) is 10.1 Å². The quantitative estimate of drug-likeness (QED) is 0.145. The molecule has 0 aliphatic carbocycles. The van der Waals surface area contributed by atoms with E-state index >= 15 is 0 Å². The van der Waals surface area contributed by atoms with Gasteiger partial charge in [0.25, 0.3) is 5.91 Å². The first kappa shape index (κ1) is 26.8. The molecule has 0 bridgehead atoms. The first-order valence-corrected chi connectivity index (χ1v) is 13.1. The van der Waals surface area contributed by atoms with Crippen molar-refractivity contribution in [2.75, 3.05) is 18.2 Å². The molecule has 36 heavy (non-hydrogen) atoms. The molecule has 0 radical (unpaired) electrons. The molecule has 186 valence electrons. The number of amides is 1. The summed E-state index contributed by atoms with van der Waals surface area (Å²) in [5.74, 6) is -1.57. The summed E-state index contributed by atoms with van der Waals surface area (Å²) < 4.78 is 34.2. The topological polar surface area (TPSA) is 148 Å². The highest BCUT2D eigenvalue weighted by molar-refractivity contribution is 7.93. The van der Waals surface area contributed by atoms with Crippen LogP contribution >= 0.6 is 22.9 Å². The molecule has 1 amide bonds. The zero-order valence-corrected chi connectivity index (χ0v) is 21.6. The van der Waals surface area contributed by atoms with Crippen LogP contribution in [0.5, 0.6) is 11.5 Å². The summed E-state index contributed by atoms with van der Waals surface area (Å²) in [5, 5.41) is 19.0. The number of aromatic nitrogens is 2. The first-order valence-electron chi connectivity index (χ1n) is 10.2. The monoisotopic (exact) mass is 546 g/mol. The lowest BCUT2D eigenvalue weighted by Crippen LogP contribution is -2.13. The van der Waals surface area contributed by atoms with Gasteiger partial charge in [-0.2, -0.15) is 5.26 Å². The van der Waals surface area contributed by atoms with Gasteiger partial charge in [0.2, 0.25) is 19.3 Å². The van der Waals surface area contributed by atoms with E-state index in [-0.39, 0.29) is 37.3 Å². The number of carbonyl (C=O) groups excluding carboxylic acids is 2. The molecule has 1 aromatic heterocycles. The van der Waals surface area contributed by atoms with E-state index in [1.807, 2.05) is 6.92 Å². The molecule has 0 aliphatic heterocycles. The number of nitrogens with one attached hydrogen (secondary N) is 1. The number of esters is 1. The van der Waals surface area contributed by atoms with Gasteiger partial charge in [-0.25, -0.2) is 13.2 Å². The molecule has 3 rings (SSSR count). The van der Waals surface area contributed by atoms with E-state index in [0.29, 0.717) is 22.5 Å². The molecule has 0 atom stereocenters. The summed E-state index contributed by atoms with van der Waals surface area (Å²) >= 11 is 7.00. The number of hydrogen-bond acceptors (Lipinski definition) is 10. The maximum Gasteiger partial charge on any atom is 0.343 e. The van der Waals surface area contributed by atoms with Crippen LogP contribution in [0.3, 0.4) is 0 Å². The lowest BCUT2D eigenvalue weighted by molar-refractivity contribution is -0.112. The highest BCUT2D eigenvalue weighted by Crippen LogP contribution is 2.37. The van der Waals surface area contributed by atoms with Crippen molar-refractivity contribution in [1.29, 1.82) is 5.26 Å². The summed E-state index contributed by atoms with van der Waals surface area (Å²) in [6, 6.07) is 11.4. The first-order chi connectivity index (χ1) is 17.1. The number of methoxy groups -OCH3 is 1. The minimum atomic E-state index is -3.58. The van der Waals surface area contributed by atoms with Gasteiger partial charge < -0.3 is 9.47 Å². The third-order valence-electron chi connectivity index (χ3n) is 4.68. The zero-order valence-electron chi connectivity index (χ0n) is 19.2. The summed E-state index contributed by atoms with van der Waals surface area (Å²) in [6.07, 6.45) is 1.24. The van der Waals surface area contributed by atoms with Crippen molar-refractivity contribution in [3.8, 4) is 17.6 Å². The molecule has 1 N–H and O–H groups in total. The largest absolute Gasteiger partial charge is 0.493 e. The molecule has 10 nitrogen and oxygen atoms in total. The Labute approximate surface area is 216 Å².